The monoisotopic (exact) mass is 238 g/mol. The van der Waals surface area contributed by atoms with Crippen LogP contribution in [0.25, 0.3) is 0 Å². The van der Waals surface area contributed by atoms with Crippen LogP contribution in [0.15, 0.2) is 48.5 Å². The minimum atomic E-state index is 1.30. The summed E-state index contributed by atoms with van der Waals surface area (Å²) in [6.45, 7) is 4.19. The minimum Gasteiger partial charge on any atom is -0.0620 e. The molecule has 0 spiro atoms. The second-order valence-corrected chi connectivity index (χ2v) is 5.13. The molecule has 1 aliphatic carbocycles. The molecule has 94 valence electrons. The van der Waals surface area contributed by atoms with Gasteiger partial charge in [-0.25, -0.2) is 0 Å². The maximum Gasteiger partial charge on any atom is -0.0276 e. The van der Waals surface area contributed by atoms with E-state index in [1.54, 1.807) is 11.1 Å². The minimum absolute atomic E-state index is 1.30. The molecule has 2 aromatic carbocycles. The van der Waals surface area contributed by atoms with Gasteiger partial charge in [-0.15, -0.1) is 0 Å². The Balaban J connectivity index is 0.000000138. The first-order chi connectivity index (χ1) is 8.75. The van der Waals surface area contributed by atoms with Gasteiger partial charge in [-0.1, -0.05) is 59.7 Å². The van der Waals surface area contributed by atoms with Crippen LogP contribution in [0.2, 0.25) is 0 Å². The highest BCUT2D eigenvalue weighted by atomic mass is 14.1. The normalized spacial score (nSPS) is 13.2. The third kappa shape index (κ3) is 3.73. The van der Waals surface area contributed by atoms with Gasteiger partial charge in [0.1, 0.15) is 0 Å². The first-order valence-electron chi connectivity index (χ1n) is 6.86. The van der Waals surface area contributed by atoms with Crippen LogP contribution in [0.1, 0.15) is 35.1 Å². The van der Waals surface area contributed by atoms with Crippen molar-refractivity contribution in [2.75, 3.05) is 0 Å². The molecule has 0 heterocycles. The summed E-state index contributed by atoms with van der Waals surface area (Å²) in [6.07, 6.45) is 5.38. The Hall–Kier alpha value is -1.56. The maximum atomic E-state index is 2.26. The van der Waals surface area contributed by atoms with Gasteiger partial charge >= 0.3 is 0 Å². The van der Waals surface area contributed by atoms with Gasteiger partial charge in [0.15, 0.2) is 0 Å². The van der Waals surface area contributed by atoms with Crippen LogP contribution in [0.4, 0.5) is 0 Å². The van der Waals surface area contributed by atoms with Crippen LogP contribution in [-0.2, 0) is 12.8 Å². The molecule has 0 fully saturated rings. The highest BCUT2D eigenvalue weighted by Crippen LogP contribution is 2.19. The predicted octanol–water partition coefficient (Wildman–Crippen LogP) is 4.87. The van der Waals surface area contributed by atoms with E-state index in [4.69, 9.17) is 0 Å². The Morgan fingerprint density at radius 2 is 1.00 bits per heavy atom. The smallest absolute Gasteiger partial charge is 0.0276 e. The molecule has 0 heteroatoms. The largest absolute Gasteiger partial charge is 0.0620 e. The summed E-state index contributed by atoms with van der Waals surface area (Å²) in [5.74, 6) is 0. The molecular formula is C18H22. The van der Waals surface area contributed by atoms with Crippen LogP contribution < -0.4 is 0 Å². The van der Waals surface area contributed by atoms with Crippen molar-refractivity contribution >= 4 is 0 Å². The van der Waals surface area contributed by atoms with Gasteiger partial charge in [-0.05, 0) is 50.7 Å². The zero-order valence-corrected chi connectivity index (χ0v) is 11.4. The number of rotatable bonds is 0. The Labute approximate surface area is 111 Å². The number of aryl methyl sites for hydroxylation is 4. The highest BCUT2D eigenvalue weighted by molar-refractivity contribution is 5.28. The van der Waals surface area contributed by atoms with Gasteiger partial charge < -0.3 is 0 Å². The lowest BCUT2D eigenvalue weighted by atomic mass is 9.92. The molecule has 1 aliphatic rings. The Bertz CT molecular complexity index is 434. The van der Waals surface area contributed by atoms with Crippen molar-refractivity contribution in [1.82, 2.24) is 0 Å². The number of hydrogen-bond donors (Lipinski definition) is 0. The zero-order valence-electron chi connectivity index (χ0n) is 11.4. The standard InChI is InChI=1S/C10H12.C8H10/c1-2-6-10-8-4-3-7-9(10)5-1;1-7-3-5-8(2)6-4-7/h1-2,5-6H,3-4,7-8H2;3-6H,1-2H3. The zero-order chi connectivity index (χ0) is 12.8. The summed E-state index contributed by atoms with van der Waals surface area (Å²) in [6, 6.07) is 17.3. The average molecular weight is 238 g/mol. The van der Waals surface area contributed by atoms with Gasteiger partial charge in [-0.3, -0.25) is 0 Å². The summed E-state index contributed by atoms with van der Waals surface area (Å²) in [4.78, 5) is 0. The molecule has 0 atom stereocenters. The van der Waals surface area contributed by atoms with E-state index in [-0.39, 0.29) is 0 Å². The second-order valence-electron chi connectivity index (χ2n) is 5.13. The molecule has 0 N–H and O–H groups in total. The Morgan fingerprint density at radius 1 is 0.611 bits per heavy atom. The molecule has 2 aromatic rings. The van der Waals surface area contributed by atoms with Crippen molar-refractivity contribution in [3.8, 4) is 0 Å². The predicted molar refractivity (Wildman–Crippen MR) is 79.0 cm³/mol. The quantitative estimate of drug-likeness (QED) is 0.614. The van der Waals surface area contributed by atoms with Crippen molar-refractivity contribution in [3.05, 3.63) is 70.8 Å². The molecule has 0 saturated heterocycles. The van der Waals surface area contributed by atoms with Crippen molar-refractivity contribution < 1.29 is 0 Å². The fraction of sp³-hybridized carbons (Fsp3) is 0.333. The summed E-state index contributed by atoms with van der Waals surface area (Å²) in [5, 5.41) is 0. The first-order valence-corrected chi connectivity index (χ1v) is 6.86. The SMILES string of the molecule is Cc1ccc(C)cc1.c1ccc2c(c1)CCCC2. The van der Waals surface area contributed by atoms with Crippen LogP contribution in [0.5, 0.6) is 0 Å². The molecule has 0 saturated carbocycles. The molecular weight excluding hydrogens is 216 g/mol. The maximum absolute atomic E-state index is 2.26. The van der Waals surface area contributed by atoms with Crippen molar-refractivity contribution in [1.29, 1.82) is 0 Å². The molecule has 0 bridgehead atoms. The third-order valence-electron chi connectivity index (χ3n) is 3.48. The van der Waals surface area contributed by atoms with Crippen LogP contribution >= 0.6 is 0 Å². The van der Waals surface area contributed by atoms with E-state index >= 15 is 0 Å². The molecule has 0 unspecified atom stereocenters. The summed E-state index contributed by atoms with van der Waals surface area (Å²) < 4.78 is 0. The molecule has 3 rings (SSSR count). The topological polar surface area (TPSA) is 0 Å². The van der Waals surface area contributed by atoms with Gasteiger partial charge in [-0.2, -0.15) is 0 Å². The molecule has 0 nitrogen and oxygen atoms in total. The fourth-order valence-corrected chi connectivity index (χ4v) is 2.31. The summed E-state index contributed by atoms with van der Waals surface area (Å²) in [7, 11) is 0. The van der Waals surface area contributed by atoms with Crippen LogP contribution in [-0.4, -0.2) is 0 Å². The summed E-state index contributed by atoms with van der Waals surface area (Å²) >= 11 is 0. The van der Waals surface area contributed by atoms with E-state index in [0.717, 1.165) is 0 Å². The second kappa shape index (κ2) is 6.39. The molecule has 0 radical (unpaired) electrons. The Kier molecular flexibility index (Phi) is 4.58. The van der Waals surface area contributed by atoms with Gasteiger partial charge in [0.2, 0.25) is 0 Å². The van der Waals surface area contributed by atoms with E-state index in [1.165, 1.54) is 36.8 Å². The summed E-state index contributed by atoms with van der Waals surface area (Å²) in [5.41, 5.74) is 5.81. The van der Waals surface area contributed by atoms with Gasteiger partial charge in [0.25, 0.3) is 0 Å². The van der Waals surface area contributed by atoms with E-state index < -0.39 is 0 Å². The van der Waals surface area contributed by atoms with E-state index in [9.17, 15) is 0 Å². The lowest BCUT2D eigenvalue weighted by molar-refractivity contribution is 0.685. The van der Waals surface area contributed by atoms with Crippen molar-refractivity contribution in [2.24, 2.45) is 0 Å². The molecule has 0 aromatic heterocycles. The van der Waals surface area contributed by atoms with E-state index in [2.05, 4.69) is 62.4 Å². The van der Waals surface area contributed by atoms with Crippen LogP contribution in [0, 0.1) is 13.8 Å². The lowest BCUT2D eigenvalue weighted by Crippen LogP contribution is -2.00. The molecule has 18 heavy (non-hydrogen) atoms. The number of hydrogen-bond acceptors (Lipinski definition) is 0. The first kappa shape index (κ1) is 12.9. The van der Waals surface area contributed by atoms with Crippen molar-refractivity contribution in [2.45, 2.75) is 39.5 Å². The third-order valence-corrected chi connectivity index (χ3v) is 3.48. The molecule has 0 amide bonds. The lowest BCUT2D eigenvalue weighted by Gasteiger charge is -2.13. The van der Waals surface area contributed by atoms with E-state index in [0.29, 0.717) is 0 Å². The highest BCUT2D eigenvalue weighted by Gasteiger charge is 2.05. The fourth-order valence-electron chi connectivity index (χ4n) is 2.31. The molecule has 0 aliphatic heterocycles. The van der Waals surface area contributed by atoms with Crippen LogP contribution in [0.3, 0.4) is 0 Å². The van der Waals surface area contributed by atoms with Gasteiger partial charge in [0.05, 0.1) is 0 Å². The van der Waals surface area contributed by atoms with Gasteiger partial charge in [0, 0.05) is 0 Å². The number of benzene rings is 2. The van der Waals surface area contributed by atoms with E-state index in [1.807, 2.05) is 0 Å². The van der Waals surface area contributed by atoms with Crippen molar-refractivity contribution in [3.63, 3.8) is 0 Å². The Morgan fingerprint density at radius 3 is 1.39 bits per heavy atom. The number of fused-ring (bicyclic) bond motifs is 1. The average Bonchev–Trinajstić information content (AvgIpc) is 2.43.